The summed E-state index contributed by atoms with van der Waals surface area (Å²) >= 11 is 0. The third kappa shape index (κ3) is 7.80. The monoisotopic (exact) mass is 856 g/mol. The van der Waals surface area contributed by atoms with E-state index in [4.69, 9.17) is 57.4 Å². The minimum Gasteiger partial charge on any atom is -0.461 e. The molecular formula is C45H60O16. The molecule has 336 valence electrons. The molecule has 16 atom stereocenters. The summed E-state index contributed by atoms with van der Waals surface area (Å²) < 4.78 is 47.7. The van der Waals surface area contributed by atoms with Gasteiger partial charge in [-0.25, -0.2) is 19.6 Å². The molecule has 0 unspecified atom stereocenters. The highest BCUT2D eigenvalue weighted by molar-refractivity contribution is 5.79. The zero-order valence-electron chi connectivity index (χ0n) is 36.0. The van der Waals surface area contributed by atoms with Crippen molar-refractivity contribution >= 4 is 23.9 Å². The summed E-state index contributed by atoms with van der Waals surface area (Å²) in [6.45, 7) is 12.1. The zero-order chi connectivity index (χ0) is 42.9. The van der Waals surface area contributed by atoms with Gasteiger partial charge in [0.2, 0.25) is 24.2 Å². The quantitative estimate of drug-likeness (QED) is 0.0993. The Labute approximate surface area is 355 Å². The molecule has 8 heterocycles. The predicted octanol–water partition coefficient (Wildman–Crippen LogP) is 6.70. The van der Waals surface area contributed by atoms with Gasteiger partial charge >= 0.3 is 23.9 Å². The van der Waals surface area contributed by atoms with E-state index < -0.39 is 71.8 Å². The van der Waals surface area contributed by atoms with E-state index in [9.17, 15) is 19.2 Å². The maximum Gasteiger partial charge on any atom is 0.311 e. The lowest BCUT2D eigenvalue weighted by Crippen LogP contribution is -2.70. The number of carbonyl (C=O) groups excluding carboxylic acids is 4. The number of fused-ring (bicyclic) bond motifs is 4. The van der Waals surface area contributed by atoms with Crippen molar-refractivity contribution in [2.45, 2.75) is 173 Å². The Morgan fingerprint density at radius 1 is 0.574 bits per heavy atom. The van der Waals surface area contributed by atoms with E-state index >= 15 is 0 Å². The lowest BCUT2D eigenvalue weighted by molar-refractivity contribution is -0.576. The van der Waals surface area contributed by atoms with E-state index in [2.05, 4.69) is 13.8 Å². The van der Waals surface area contributed by atoms with Crippen LogP contribution in [0.5, 0.6) is 5.75 Å². The van der Waals surface area contributed by atoms with Gasteiger partial charge in [0.15, 0.2) is 23.8 Å². The summed E-state index contributed by atoms with van der Waals surface area (Å²) in [6, 6.07) is 6.45. The van der Waals surface area contributed by atoms with Crippen LogP contribution in [0.2, 0.25) is 0 Å². The summed E-state index contributed by atoms with van der Waals surface area (Å²) in [5.41, 5.74) is -0.883. The standard InChI is InChI=1S/C45H60O16/c1-24-7-13-32-26(3)38(54-40-44(32)30(24)19-21-42(5,56-40)58-60-44)52-36(48)16-15-34(46)50-23-28-9-11-29(12-10-28)51-35(47)17-18-37(49)53-39-27(4)33-14-8-25(2)31-20-22-43(6)57-41(55-39)45(31,33)61-59-43/h9-12,24-27,30-33,38-41H,7-8,13-23H2,1-6H3/t24-,25-,26-,27-,30+,31+,32+,33+,38-,39-,40-,41-,42-,43-,44-,45-/m1/s1. The Hall–Kier alpha value is -3.22. The number of esters is 4. The second-order valence-corrected chi connectivity index (χ2v) is 19.3. The lowest BCUT2D eigenvalue weighted by atomic mass is 9.58. The van der Waals surface area contributed by atoms with E-state index in [0.29, 0.717) is 30.2 Å². The average molecular weight is 857 g/mol. The highest BCUT2D eigenvalue weighted by atomic mass is 17.3. The van der Waals surface area contributed by atoms with Crippen LogP contribution in [0.25, 0.3) is 0 Å². The summed E-state index contributed by atoms with van der Waals surface area (Å²) in [5.74, 6) is -3.11. The number of hydrogen-bond acceptors (Lipinski definition) is 16. The molecule has 0 N–H and O–H groups in total. The van der Waals surface area contributed by atoms with Crippen LogP contribution in [-0.2, 0) is 78.5 Å². The van der Waals surface area contributed by atoms with Gasteiger partial charge in [0.05, 0.1) is 25.7 Å². The van der Waals surface area contributed by atoms with Crippen LogP contribution in [0.4, 0.5) is 0 Å². The predicted molar refractivity (Wildman–Crippen MR) is 206 cm³/mol. The van der Waals surface area contributed by atoms with Crippen LogP contribution in [-0.4, -0.2) is 71.8 Å². The van der Waals surface area contributed by atoms with Gasteiger partial charge in [0, 0.05) is 36.5 Å². The van der Waals surface area contributed by atoms with E-state index in [1.54, 1.807) is 24.3 Å². The fourth-order valence-corrected chi connectivity index (χ4v) is 11.9. The van der Waals surface area contributed by atoms with Crippen molar-refractivity contribution in [1.82, 2.24) is 0 Å². The fourth-order valence-electron chi connectivity index (χ4n) is 11.9. The molecule has 2 saturated carbocycles. The van der Waals surface area contributed by atoms with Crippen LogP contribution in [0.1, 0.15) is 124 Å². The lowest BCUT2D eigenvalue weighted by Gasteiger charge is -2.59. The summed E-state index contributed by atoms with van der Waals surface area (Å²) in [7, 11) is 0. The first-order valence-corrected chi connectivity index (χ1v) is 22.4. The molecule has 0 radical (unpaired) electrons. The molecule has 16 heteroatoms. The molecular weight excluding hydrogens is 796 g/mol. The molecule has 10 fully saturated rings. The van der Waals surface area contributed by atoms with Gasteiger partial charge in [-0.1, -0.05) is 39.8 Å². The normalized spacial score (nSPS) is 44.4. The molecule has 61 heavy (non-hydrogen) atoms. The minimum atomic E-state index is -0.943. The van der Waals surface area contributed by atoms with Gasteiger partial charge in [0.1, 0.15) is 12.4 Å². The van der Waals surface area contributed by atoms with E-state index in [1.807, 2.05) is 27.7 Å². The van der Waals surface area contributed by atoms with Crippen molar-refractivity contribution in [1.29, 1.82) is 0 Å². The minimum absolute atomic E-state index is 0.000463. The van der Waals surface area contributed by atoms with Crippen LogP contribution >= 0.6 is 0 Å². The van der Waals surface area contributed by atoms with Crippen molar-refractivity contribution < 1.29 is 76.6 Å². The maximum atomic E-state index is 13.0. The van der Waals surface area contributed by atoms with Crippen molar-refractivity contribution in [3.63, 3.8) is 0 Å². The van der Waals surface area contributed by atoms with Crippen LogP contribution in [0.3, 0.4) is 0 Å². The topological polar surface area (TPSA) is 179 Å². The Balaban J connectivity index is 0.695. The first-order chi connectivity index (χ1) is 29.1. The number of hydrogen-bond donors (Lipinski definition) is 0. The van der Waals surface area contributed by atoms with Crippen LogP contribution in [0, 0.1) is 47.3 Å². The van der Waals surface area contributed by atoms with Crippen LogP contribution in [0.15, 0.2) is 24.3 Å². The molecule has 2 spiro atoms. The number of rotatable bonds is 11. The van der Waals surface area contributed by atoms with Gasteiger partial charge in [-0.15, -0.1) is 0 Å². The molecule has 11 rings (SSSR count). The molecule has 10 aliphatic rings. The molecule has 0 aromatic heterocycles. The third-order valence-electron chi connectivity index (χ3n) is 15.3. The second kappa shape index (κ2) is 16.4. The van der Waals surface area contributed by atoms with E-state index in [0.717, 1.165) is 38.5 Å². The van der Waals surface area contributed by atoms with Gasteiger partial charge in [-0.2, -0.15) is 0 Å². The number of carbonyl (C=O) groups is 4. The van der Waals surface area contributed by atoms with Crippen LogP contribution < -0.4 is 4.74 Å². The molecule has 8 aliphatic heterocycles. The summed E-state index contributed by atoms with van der Waals surface area (Å²) in [6.07, 6.45) is 2.96. The molecule has 8 saturated heterocycles. The smallest absolute Gasteiger partial charge is 0.311 e. The molecule has 2 aliphatic carbocycles. The SMILES string of the molecule is C[C@H]1[C@H](OC(=O)CCC(=O)OCc2ccc(OC(=O)CCC(=O)O[C@@H]3O[C@@H]4O[C@@]5(C)CC[C@H]6[C@H](C)CC[C@@H]([C@H]3C)[C@@]46OO5)cc2)O[C@@H]2O[C@@]3(C)CC[C@H]4[C@H](C)CC[C@@H]1[C@@]24OO3. The van der Waals surface area contributed by atoms with Crippen molar-refractivity contribution in [3.05, 3.63) is 29.8 Å². The van der Waals surface area contributed by atoms with E-state index in [1.165, 1.54) is 0 Å². The van der Waals surface area contributed by atoms with Crippen molar-refractivity contribution in [3.8, 4) is 5.75 Å². The number of benzene rings is 1. The first-order valence-electron chi connectivity index (χ1n) is 22.4. The summed E-state index contributed by atoms with van der Waals surface area (Å²) in [4.78, 5) is 75.3. The van der Waals surface area contributed by atoms with E-state index in [-0.39, 0.29) is 73.5 Å². The Morgan fingerprint density at radius 2 is 1.03 bits per heavy atom. The molecule has 16 nitrogen and oxygen atoms in total. The van der Waals surface area contributed by atoms with Crippen molar-refractivity contribution in [2.24, 2.45) is 47.3 Å². The third-order valence-corrected chi connectivity index (χ3v) is 15.3. The molecule has 4 bridgehead atoms. The maximum absolute atomic E-state index is 13.0. The van der Waals surface area contributed by atoms with Crippen molar-refractivity contribution in [2.75, 3.05) is 0 Å². The highest BCUT2D eigenvalue weighted by Crippen LogP contribution is 2.62. The zero-order valence-corrected chi connectivity index (χ0v) is 36.0. The van der Waals surface area contributed by atoms with Gasteiger partial charge in [0.25, 0.3) is 0 Å². The fraction of sp³-hybridized carbons (Fsp3) is 0.778. The summed E-state index contributed by atoms with van der Waals surface area (Å²) in [5, 5.41) is 0. The van der Waals surface area contributed by atoms with Gasteiger partial charge < -0.3 is 37.9 Å². The highest BCUT2D eigenvalue weighted by Gasteiger charge is 2.71. The Morgan fingerprint density at radius 3 is 1.52 bits per heavy atom. The Kier molecular flexibility index (Phi) is 11.6. The first kappa shape index (κ1) is 43.1. The molecule has 1 aromatic rings. The average Bonchev–Trinajstić information content (AvgIpc) is 3.61. The number of ether oxygens (including phenoxy) is 8. The molecule has 1 aromatic carbocycles. The van der Waals surface area contributed by atoms with Gasteiger partial charge in [-0.3, -0.25) is 19.2 Å². The largest absolute Gasteiger partial charge is 0.461 e. The van der Waals surface area contributed by atoms with Gasteiger partial charge in [-0.05, 0) is 93.7 Å². The molecule has 0 amide bonds. The Bertz CT molecular complexity index is 1840. The second-order valence-electron chi connectivity index (χ2n) is 19.3.